The van der Waals surface area contributed by atoms with Crippen molar-refractivity contribution in [2.24, 2.45) is 0 Å². The number of benzene rings is 1. The molecule has 2 atom stereocenters. The topological polar surface area (TPSA) is 72.4 Å². The lowest BCUT2D eigenvalue weighted by atomic mass is 9.85. The SMILES string of the molecule is COc1ncc2c(n1)CC1CCCC2N1S(=O)(=O)c1ccc(Cl)cc1. The van der Waals surface area contributed by atoms with E-state index in [0.717, 1.165) is 30.5 Å². The Hall–Kier alpha value is -1.70. The number of sulfonamides is 1. The monoisotopic (exact) mass is 379 g/mol. The van der Waals surface area contributed by atoms with Crippen LogP contribution in [0.25, 0.3) is 0 Å². The standard InChI is InChI=1S/C17H18ClN3O3S/c1-24-17-19-10-14-15(20-17)9-12-3-2-4-16(14)21(12)25(22,23)13-7-5-11(18)6-8-13/h5-8,10,12,16H,2-4,9H2,1H3. The van der Waals surface area contributed by atoms with Gasteiger partial charge in [-0.05, 0) is 43.5 Å². The van der Waals surface area contributed by atoms with Crippen LogP contribution >= 0.6 is 11.6 Å². The van der Waals surface area contributed by atoms with Crippen LogP contribution in [0.3, 0.4) is 0 Å². The van der Waals surface area contributed by atoms with Gasteiger partial charge < -0.3 is 4.74 Å². The van der Waals surface area contributed by atoms with Crippen LogP contribution in [0.2, 0.25) is 5.02 Å². The highest BCUT2D eigenvalue weighted by atomic mass is 35.5. The Morgan fingerprint density at radius 2 is 2.00 bits per heavy atom. The van der Waals surface area contributed by atoms with Crippen molar-refractivity contribution in [3.05, 3.63) is 46.7 Å². The predicted octanol–water partition coefficient (Wildman–Crippen LogP) is 2.98. The number of hydrogen-bond acceptors (Lipinski definition) is 5. The fraction of sp³-hybridized carbons (Fsp3) is 0.412. The highest BCUT2D eigenvalue weighted by molar-refractivity contribution is 7.89. The van der Waals surface area contributed by atoms with E-state index in [1.165, 1.54) is 7.11 Å². The summed E-state index contributed by atoms with van der Waals surface area (Å²) in [6.07, 6.45) is 4.88. The average Bonchev–Trinajstić information content (AvgIpc) is 2.61. The third-order valence-electron chi connectivity index (χ3n) is 4.92. The van der Waals surface area contributed by atoms with Gasteiger partial charge in [0.15, 0.2) is 0 Å². The van der Waals surface area contributed by atoms with Crippen molar-refractivity contribution in [3.8, 4) is 6.01 Å². The maximum Gasteiger partial charge on any atom is 0.316 e. The van der Waals surface area contributed by atoms with Crippen molar-refractivity contribution in [3.63, 3.8) is 0 Å². The first kappa shape index (κ1) is 16.8. The number of hydrogen-bond donors (Lipinski definition) is 0. The minimum absolute atomic E-state index is 0.0912. The highest BCUT2D eigenvalue weighted by Gasteiger charge is 2.45. The number of rotatable bonds is 3. The van der Waals surface area contributed by atoms with E-state index in [-0.39, 0.29) is 17.0 Å². The van der Waals surface area contributed by atoms with Crippen LogP contribution < -0.4 is 4.74 Å². The zero-order valence-electron chi connectivity index (χ0n) is 13.7. The van der Waals surface area contributed by atoms with Crippen LogP contribution in [-0.4, -0.2) is 35.8 Å². The lowest BCUT2D eigenvalue weighted by Crippen LogP contribution is -2.50. The number of halogens is 1. The summed E-state index contributed by atoms with van der Waals surface area (Å²) in [5, 5.41) is 0.517. The third-order valence-corrected chi connectivity index (χ3v) is 7.15. The Morgan fingerprint density at radius 1 is 1.24 bits per heavy atom. The average molecular weight is 380 g/mol. The maximum atomic E-state index is 13.3. The Balaban J connectivity index is 1.78. The van der Waals surface area contributed by atoms with E-state index in [2.05, 4.69) is 9.97 Å². The molecule has 0 radical (unpaired) electrons. The van der Waals surface area contributed by atoms with Gasteiger partial charge >= 0.3 is 6.01 Å². The Kier molecular flexibility index (Phi) is 4.17. The van der Waals surface area contributed by atoms with E-state index in [9.17, 15) is 8.42 Å². The molecular formula is C17H18ClN3O3S. The molecule has 8 heteroatoms. The molecule has 3 heterocycles. The lowest BCUT2D eigenvalue weighted by Gasteiger charge is -2.45. The van der Waals surface area contributed by atoms with Crippen LogP contribution in [0.5, 0.6) is 6.01 Å². The lowest BCUT2D eigenvalue weighted by molar-refractivity contribution is 0.160. The Bertz CT molecular complexity index is 902. The molecule has 1 aromatic carbocycles. The zero-order chi connectivity index (χ0) is 17.6. The molecule has 1 saturated heterocycles. The number of nitrogens with zero attached hydrogens (tertiary/aromatic N) is 3. The van der Waals surface area contributed by atoms with E-state index in [4.69, 9.17) is 16.3 Å². The van der Waals surface area contributed by atoms with E-state index in [1.54, 1.807) is 34.8 Å². The zero-order valence-corrected chi connectivity index (χ0v) is 15.3. The molecule has 2 bridgehead atoms. The number of aromatic nitrogens is 2. The molecule has 1 aromatic heterocycles. The van der Waals surface area contributed by atoms with E-state index < -0.39 is 10.0 Å². The largest absolute Gasteiger partial charge is 0.467 e. The van der Waals surface area contributed by atoms with Gasteiger partial charge in [0.2, 0.25) is 10.0 Å². The van der Waals surface area contributed by atoms with Crippen LogP contribution in [0.15, 0.2) is 35.4 Å². The molecule has 0 N–H and O–H groups in total. The Labute approximate surface area is 151 Å². The van der Waals surface area contributed by atoms with Crippen molar-refractivity contribution in [2.45, 2.75) is 42.7 Å². The molecule has 25 heavy (non-hydrogen) atoms. The molecule has 0 spiro atoms. The molecule has 132 valence electrons. The van der Waals surface area contributed by atoms with Crippen molar-refractivity contribution in [1.82, 2.24) is 14.3 Å². The fourth-order valence-corrected chi connectivity index (χ4v) is 5.78. The fourth-order valence-electron chi connectivity index (χ4n) is 3.80. The first-order valence-electron chi connectivity index (χ1n) is 8.19. The van der Waals surface area contributed by atoms with Gasteiger partial charge in [0.25, 0.3) is 0 Å². The molecule has 4 rings (SSSR count). The second kappa shape index (κ2) is 6.23. The second-order valence-corrected chi connectivity index (χ2v) is 8.63. The molecule has 0 amide bonds. The van der Waals surface area contributed by atoms with Gasteiger partial charge in [-0.15, -0.1) is 0 Å². The summed E-state index contributed by atoms with van der Waals surface area (Å²) in [5.41, 5.74) is 1.78. The van der Waals surface area contributed by atoms with E-state index in [0.29, 0.717) is 17.5 Å². The molecule has 2 aliphatic heterocycles. The van der Waals surface area contributed by atoms with Gasteiger partial charge in [-0.25, -0.2) is 13.4 Å². The van der Waals surface area contributed by atoms with Crippen LogP contribution in [-0.2, 0) is 16.4 Å². The van der Waals surface area contributed by atoms with Crippen LogP contribution in [0, 0.1) is 0 Å². The third kappa shape index (κ3) is 2.80. The molecule has 1 fully saturated rings. The Morgan fingerprint density at radius 3 is 2.72 bits per heavy atom. The summed E-state index contributed by atoms with van der Waals surface area (Å²) in [6.45, 7) is 0. The second-order valence-electron chi connectivity index (χ2n) is 6.35. The molecular weight excluding hydrogens is 362 g/mol. The van der Waals surface area contributed by atoms with Gasteiger partial charge in [0.1, 0.15) is 0 Å². The van der Waals surface area contributed by atoms with Crippen molar-refractivity contribution >= 4 is 21.6 Å². The van der Waals surface area contributed by atoms with E-state index >= 15 is 0 Å². The molecule has 2 aromatic rings. The van der Waals surface area contributed by atoms with Crippen LogP contribution in [0.4, 0.5) is 0 Å². The summed E-state index contributed by atoms with van der Waals surface area (Å²) in [5.74, 6) is 0. The molecule has 6 nitrogen and oxygen atoms in total. The van der Waals surface area contributed by atoms with Crippen molar-refractivity contribution in [2.75, 3.05) is 7.11 Å². The van der Waals surface area contributed by atoms with E-state index in [1.807, 2.05) is 0 Å². The number of ether oxygens (including phenoxy) is 1. The van der Waals surface area contributed by atoms with Crippen molar-refractivity contribution < 1.29 is 13.2 Å². The first-order valence-corrected chi connectivity index (χ1v) is 10.0. The minimum Gasteiger partial charge on any atom is -0.467 e. The summed E-state index contributed by atoms with van der Waals surface area (Å²) < 4.78 is 33.3. The van der Waals surface area contributed by atoms with Gasteiger partial charge in [0, 0.05) is 29.2 Å². The predicted molar refractivity (Wildman–Crippen MR) is 93.1 cm³/mol. The molecule has 2 unspecified atom stereocenters. The minimum atomic E-state index is -3.61. The van der Waals surface area contributed by atoms with Gasteiger partial charge in [-0.1, -0.05) is 11.6 Å². The number of fused-ring (bicyclic) bond motifs is 4. The smallest absolute Gasteiger partial charge is 0.316 e. The summed E-state index contributed by atoms with van der Waals surface area (Å²) >= 11 is 5.90. The summed E-state index contributed by atoms with van der Waals surface area (Å²) in [7, 11) is -2.08. The molecule has 0 aliphatic carbocycles. The molecule has 0 saturated carbocycles. The highest BCUT2D eigenvalue weighted by Crippen LogP contribution is 2.44. The van der Waals surface area contributed by atoms with Crippen molar-refractivity contribution in [1.29, 1.82) is 0 Å². The number of piperidine rings is 1. The maximum absolute atomic E-state index is 13.3. The van der Waals surface area contributed by atoms with Gasteiger partial charge in [0.05, 0.1) is 23.7 Å². The summed E-state index contributed by atoms with van der Waals surface area (Å²) in [4.78, 5) is 8.90. The quantitative estimate of drug-likeness (QED) is 0.819. The van der Waals surface area contributed by atoms with Gasteiger partial charge in [-0.2, -0.15) is 9.29 Å². The van der Waals surface area contributed by atoms with Crippen LogP contribution in [0.1, 0.15) is 36.6 Å². The normalized spacial score (nSPS) is 23.1. The summed E-state index contributed by atoms with van der Waals surface area (Å²) in [6, 6.07) is 6.35. The first-order chi connectivity index (χ1) is 12.0. The molecule has 2 aliphatic rings. The van der Waals surface area contributed by atoms with Gasteiger partial charge in [-0.3, -0.25) is 0 Å². The number of methoxy groups -OCH3 is 1.